The predicted molar refractivity (Wildman–Crippen MR) is 61.6 cm³/mol. The van der Waals surface area contributed by atoms with Crippen molar-refractivity contribution in [2.75, 3.05) is 11.9 Å². The van der Waals surface area contributed by atoms with E-state index in [1.54, 1.807) is 0 Å². The van der Waals surface area contributed by atoms with Crippen molar-refractivity contribution in [3.05, 3.63) is 17.8 Å². The van der Waals surface area contributed by atoms with Gasteiger partial charge in [-0.25, -0.2) is 0 Å². The van der Waals surface area contributed by atoms with E-state index < -0.39 is 17.8 Å². The van der Waals surface area contributed by atoms with Gasteiger partial charge in [0.2, 0.25) is 0 Å². The molecular weight excluding hydrogens is 263 g/mol. The van der Waals surface area contributed by atoms with Crippen LogP contribution in [-0.2, 0) is 11.0 Å². The van der Waals surface area contributed by atoms with Crippen molar-refractivity contribution in [1.82, 2.24) is 10.2 Å². The smallest absolute Gasteiger partial charge is 0.435 e. The molecule has 0 saturated heterocycles. The van der Waals surface area contributed by atoms with Gasteiger partial charge in [0.15, 0.2) is 5.69 Å². The zero-order chi connectivity index (χ0) is 14.5. The molecule has 106 valence electrons. The number of carboxylic acid groups (broad SMARTS) is 1. The number of carbonyl (C=O) groups is 1. The van der Waals surface area contributed by atoms with Crippen LogP contribution in [0.3, 0.4) is 0 Å². The zero-order valence-corrected chi connectivity index (χ0v) is 10.2. The van der Waals surface area contributed by atoms with Crippen LogP contribution < -0.4 is 5.32 Å². The van der Waals surface area contributed by atoms with Crippen LogP contribution in [0.25, 0.3) is 0 Å². The molecule has 0 aliphatic heterocycles. The minimum atomic E-state index is -4.50. The number of hydrogen-bond acceptors (Lipinski definition) is 4. The average Bonchev–Trinajstić information content (AvgIpc) is 2.33. The summed E-state index contributed by atoms with van der Waals surface area (Å²) in [6.07, 6.45) is -3.96. The molecule has 5 nitrogen and oxygen atoms in total. The van der Waals surface area contributed by atoms with Crippen LogP contribution in [0.2, 0.25) is 0 Å². The van der Waals surface area contributed by atoms with E-state index >= 15 is 0 Å². The molecule has 0 aromatic carbocycles. The Bertz CT molecular complexity index is 420. The van der Waals surface area contributed by atoms with Gasteiger partial charge < -0.3 is 10.4 Å². The maximum atomic E-state index is 12.2. The highest BCUT2D eigenvalue weighted by Gasteiger charge is 2.32. The van der Waals surface area contributed by atoms with E-state index in [-0.39, 0.29) is 18.2 Å². The number of aliphatic carboxylic acids is 1. The lowest BCUT2D eigenvalue weighted by atomic mass is 10.1. The zero-order valence-electron chi connectivity index (χ0n) is 10.2. The Labute approximate surface area is 107 Å². The minimum Gasteiger partial charge on any atom is -0.481 e. The summed E-state index contributed by atoms with van der Waals surface area (Å²) in [6, 6.07) is 2.04. The van der Waals surface area contributed by atoms with Crippen molar-refractivity contribution in [3.63, 3.8) is 0 Å². The fourth-order valence-corrected chi connectivity index (χ4v) is 1.33. The molecule has 8 heteroatoms. The second kappa shape index (κ2) is 6.35. The van der Waals surface area contributed by atoms with Gasteiger partial charge in [-0.2, -0.15) is 13.2 Å². The summed E-state index contributed by atoms with van der Waals surface area (Å²) in [5.41, 5.74) is -1.04. The first-order valence-corrected chi connectivity index (χ1v) is 5.65. The molecule has 0 aliphatic carbocycles. The minimum absolute atomic E-state index is 0.0571. The van der Waals surface area contributed by atoms with E-state index in [0.29, 0.717) is 13.0 Å². The van der Waals surface area contributed by atoms with Crippen LogP contribution in [-0.4, -0.2) is 27.8 Å². The molecule has 0 amide bonds. The van der Waals surface area contributed by atoms with Gasteiger partial charge in [0.25, 0.3) is 0 Å². The molecule has 1 heterocycles. The Morgan fingerprint density at radius 1 is 1.42 bits per heavy atom. The first-order chi connectivity index (χ1) is 8.79. The molecule has 1 aromatic rings. The molecule has 2 N–H and O–H groups in total. The summed E-state index contributed by atoms with van der Waals surface area (Å²) in [7, 11) is 0. The quantitative estimate of drug-likeness (QED) is 0.835. The molecular formula is C11H14F3N3O2. The van der Waals surface area contributed by atoms with Gasteiger partial charge in [0.05, 0.1) is 0 Å². The predicted octanol–water partition coefficient (Wildman–Crippen LogP) is 2.41. The van der Waals surface area contributed by atoms with Gasteiger partial charge in [-0.05, 0) is 24.5 Å². The van der Waals surface area contributed by atoms with Crippen LogP contribution in [0.4, 0.5) is 19.0 Å². The summed E-state index contributed by atoms with van der Waals surface area (Å²) >= 11 is 0. The number of aromatic nitrogens is 2. The molecule has 1 atom stereocenters. The van der Waals surface area contributed by atoms with Crippen LogP contribution in [0.15, 0.2) is 12.1 Å². The Morgan fingerprint density at radius 2 is 2.11 bits per heavy atom. The third kappa shape index (κ3) is 5.54. The third-order valence-electron chi connectivity index (χ3n) is 2.44. The Hall–Kier alpha value is -1.86. The summed E-state index contributed by atoms with van der Waals surface area (Å²) in [5, 5.41) is 17.8. The molecule has 1 aromatic heterocycles. The summed E-state index contributed by atoms with van der Waals surface area (Å²) in [6.45, 7) is 2.26. The van der Waals surface area contributed by atoms with Crippen LogP contribution >= 0.6 is 0 Å². The van der Waals surface area contributed by atoms with Crippen molar-refractivity contribution in [3.8, 4) is 0 Å². The van der Waals surface area contributed by atoms with Gasteiger partial charge in [-0.15, -0.1) is 10.2 Å². The molecule has 0 fully saturated rings. The lowest BCUT2D eigenvalue weighted by molar-refractivity contribution is -0.141. The van der Waals surface area contributed by atoms with Crippen molar-refractivity contribution < 1.29 is 23.1 Å². The highest BCUT2D eigenvalue weighted by atomic mass is 19.4. The van der Waals surface area contributed by atoms with Crippen LogP contribution in [0.1, 0.15) is 25.5 Å². The Balaban J connectivity index is 2.44. The largest absolute Gasteiger partial charge is 0.481 e. The highest BCUT2D eigenvalue weighted by Crippen LogP contribution is 2.27. The first kappa shape index (κ1) is 15.2. The number of nitrogens with one attached hydrogen (secondary N) is 1. The summed E-state index contributed by atoms with van der Waals surface area (Å²) in [5.74, 6) is -0.573. The fraction of sp³-hybridized carbons (Fsp3) is 0.545. The van der Waals surface area contributed by atoms with Gasteiger partial charge in [0.1, 0.15) is 5.82 Å². The van der Waals surface area contributed by atoms with Gasteiger partial charge in [-0.3, -0.25) is 4.79 Å². The molecule has 0 saturated carbocycles. The van der Waals surface area contributed by atoms with Gasteiger partial charge >= 0.3 is 12.1 Å². The van der Waals surface area contributed by atoms with E-state index in [1.165, 1.54) is 6.07 Å². The van der Waals surface area contributed by atoms with Crippen molar-refractivity contribution in [2.45, 2.75) is 25.9 Å². The van der Waals surface area contributed by atoms with E-state index in [0.717, 1.165) is 6.07 Å². The lowest BCUT2D eigenvalue weighted by Crippen LogP contribution is -2.15. The number of hydrogen-bond donors (Lipinski definition) is 2. The maximum Gasteiger partial charge on any atom is 0.435 e. The first-order valence-electron chi connectivity index (χ1n) is 5.65. The maximum absolute atomic E-state index is 12.2. The highest BCUT2D eigenvalue weighted by molar-refractivity contribution is 5.66. The van der Waals surface area contributed by atoms with Crippen LogP contribution in [0, 0.1) is 5.92 Å². The van der Waals surface area contributed by atoms with Gasteiger partial charge in [-0.1, -0.05) is 6.92 Å². The summed E-state index contributed by atoms with van der Waals surface area (Å²) < 4.78 is 36.7. The van der Waals surface area contributed by atoms with Crippen molar-refractivity contribution in [1.29, 1.82) is 0 Å². The Morgan fingerprint density at radius 3 is 2.58 bits per heavy atom. The number of alkyl halides is 3. The fourth-order valence-electron chi connectivity index (χ4n) is 1.33. The van der Waals surface area contributed by atoms with E-state index in [1.807, 2.05) is 6.92 Å². The van der Waals surface area contributed by atoms with Gasteiger partial charge in [0, 0.05) is 13.0 Å². The van der Waals surface area contributed by atoms with Crippen molar-refractivity contribution in [2.24, 2.45) is 5.92 Å². The average molecular weight is 277 g/mol. The number of halogens is 3. The summed E-state index contributed by atoms with van der Waals surface area (Å²) in [4.78, 5) is 10.4. The monoisotopic (exact) mass is 277 g/mol. The molecule has 0 spiro atoms. The van der Waals surface area contributed by atoms with E-state index in [9.17, 15) is 18.0 Å². The lowest BCUT2D eigenvalue weighted by Gasteiger charge is -2.12. The molecule has 0 aliphatic rings. The second-order valence-corrected chi connectivity index (χ2v) is 4.22. The number of nitrogens with zero attached hydrogens (tertiary/aromatic N) is 2. The number of anilines is 1. The number of rotatable bonds is 6. The molecule has 0 radical (unpaired) electrons. The Kier molecular flexibility index (Phi) is 5.08. The molecule has 19 heavy (non-hydrogen) atoms. The molecule has 0 bridgehead atoms. The van der Waals surface area contributed by atoms with Crippen molar-refractivity contribution >= 4 is 11.8 Å². The molecule has 1 unspecified atom stereocenters. The third-order valence-corrected chi connectivity index (χ3v) is 2.44. The van der Waals surface area contributed by atoms with Crippen LogP contribution in [0.5, 0.6) is 0 Å². The topological polar surface area (TPSA) is 75.1 Å². The number of carboxylic acids is 1. The SMILES string of the molecule is CC(CCC(=O)O)CNc1ccc(C(F)(F)F)nn1. The van der Waals surface area contributed by atoms with E-state index in [4.69, 9.17) is 5.11 Å². The molecule has 1 rings (SSSR count). The second-order valence-electron chi connectivity index (χ2n) is 4.22. The van der Waals surface area contributed by atoms with E-state index in [2.05, 4.69) is 15.5 Å². The normalized spacial score (nSPS) is 13.1. The standard InChI is InChI=1S/C11H14F3N3O2/c1-7(2-5-10(18)19)6-15-9-4-3-8(16-17-9)11(12,13)14/h3-4,7H,2,5-6H2,1H3,(H,15,17)(H,18,19).